The number of ether oxygens (including phenoxy) is 1. The first-order chi connectivity index (χ1) is 11.8. The maximum absolute atomic E-state index is 5.92. The second-order valence-corrected chi connectivity index (χ2v) is 6.57. The minimum absolute atomic E-state index is 0.583. The molecule has 0 bridgehead atoms. The van der Waals surface area contributed by atoms with E-state index in [1.165, 1.54) is 16.5 Å². The van der Waals surface area contributed by atoms with Crippen LogP contribution in [0.15, 0.2) is 89.5 Å². The standard InChI is InChI=1S/C21H16BrNO/c22-18-6-8-19(9-7-18)23-13-12-17-14-20(10-11-21(17)23)24-15-16-4-2-1-3-5-16/h1-14H,15H2. The lowest BCUT2D eigenvalue weighted by molar-refractivity contribution is 0.306. The summed E-state index contributed by atoms with van der Waals surface area (Å²) < 4.78 is 9.18. The number of halogens is 1. The lowest BCUT2D eigenvalue weighted by atomic mass is 10.2. The van der Waals surface area contributed by atoms with Gasteiger partial charge in [0.05, 0.1) is 5.52 Å². The van der Waals surface area contributed by atoms with Crippen LogP contribution in [-0.4, -0.2) is 4.57 Å². The number of hydrogen-bond donors (Lipinski definition) is 0. The molecule has 0 fully saturated rings. The predicted octanol–water partition coefficient (Wildman–Crippen LogP) is 5.97. The van der Waals surface area contributed by atoms with Crippen molar-refractivity contribution in [3.8, 4) is 11.4 Å². The smallest absolute Gasteiger partial charge is 0.120 e. The maximum Gasteiger partial charge on any atom is 0.120 e. The third kappa shape index (κ3) is 3.08. The zero-order valence-electron chi connectivity index (χ0n) is 13.0. The van der Waals surface area contributed by atoms with E-state index in [1.807, 2.05) is 24.3 Å². The molecule has 0 saturated heterocycles. The molecule has 0 aliphatic heterocycles. The molecule has 118 valence electrons. The van der Waals surface area contributed by atoms with Crippen molar-refractivity contribution in [1.82, 2.24) is 4.57 Å². The van der Waals surface area contributed by atoms with Crippen LogP contribution in [0.4, 0.5) is 0 Å². The highest BCUT2D eigenvalue weighted by Crippen LogP contribution is 2.26. The predicted molar refractivity (Wildman–Crippen MR) is 102 cm³/mol. The van der Waals surface area contributed by atoms with Gasteiger partial charge in [-0.2, -0.15) is 0 Å². The Labute approximate surface area is 149 Å². The summed E-state index contributed by atoms with van der Waals surface area (Å²) in [6.45, 7) is 0.583. The van der Waals surface area contributed by atoms with Crippen LogP contribution in [0.2, 0.25) is 0 Å². The van der Waals surface area contributed by atoms with E-state index in [0.29, 0.717) is 6.61 Å². The summed E-state index contributed by atoms with van der Waals surface area (Å²) in [5.41, 5.74) is 3.49. The van der Waals surface area contributed by atoms with Crippen LogP contribution < -0.4 is 4.74 Å². The molecule has 0 aliphatic rings. The molecule has 1 aromatic heterocycles. The highest BCUT2D eigenvalue weighted by atomic mass is 79.9. The quantitative estimate of drug-likeness (QED) is 0.427. The van der Waals surface area contributed by atoms with Gasteiger partial charge in [-0.25, -0.2) is 0 Å². The van der Waals surface area contributed by atoms with E-state index in [0.717, 1.165) is 15.9 Å². The minimum atomic E-state index is 0.583. The van der Waals surface area contributed by atoms with Gasteiger partial charge >= 0.3 is 0 Å². The number of nitrogens with zero attached hydrogens (tertiary/aromatic N) is 1. The van der Waals surface area contributed by atoms with Gasteiger partial charge in [0.25, 0.3) is 0 Å². The van der Waals surface area contributed by atoms with Gasteiger partial charge < -0.3 is 9.30 Å². The summed E-state index contributed by atoms with van der Waals surface area (Å²) >= 11 is 3.48. The van der Waals surface area contributed by atoms with Gasteiger partial charge in [-0.3, -0.25) is 0 Å². The Morgan fingerprint density at radius 1 is 0.833 bits per heavy atom. The third-order valence-corrected chi connectivity index (χ3v) is 4.54. The third-order valence-electron chi connectivity index (χ3n) is 4.01. The maximum atomic E-state index is 5.92. The van der Waals surface area contributed by atoms with E-state index < -0.39 is 0 Å². The largest absolute Gasteiger partial charge is 0.489 e. The number of fused-ring (bicyclic) bond motifs is 1. The Balaban J connectivity index is 1.59. The van der Waals surface area contributed by atoms with Gasteiger partial charge in [-0.05, 0) is 54.1 Å². The molecule has 2 nitrogen and oxygen atoms in total. The van der Waals surface area contributed by atoms with Gasteiger partial charge in [-0.15, -0.1) is 0 Å². The number of hydrogen-bond acceptors (Lipinski definition) is 1. The second kappa shape index (κ2) is 6.54. The highest BCUT2D eigenvalue weighted by Gasteiger charge is 2.05. The van der Waals surface area contributed by atoms with E-state index >= 15 is 0 Å². The lowest BCUT2D eigenvalue weighted by Gasteiger charge is -2.08. The topological polar surface area (TPSA) is 14.2 Å². The molecule has 3 aromatic carbocycles. The highest BCUT2D eigenvalue weighted by molar-refractivity contribution is 9.10. The monoisotopic (exact) mass is 377 g/mol. The fraction of sp³-hybridized carbons (Fsp3) is 0.0476. The van der Waals surface area contributed by atoms with E-state index in [4.69, 9.17) is 4.74 Å². The summed E-state index contributed by atoms with van der Waals surface area (Å²) in [6.07, 6.45) is 2.09. The molecular weight excluding hydrogens is 362 g/mol. The van der Waals surface area contributed by atoms with Crippen molar-refractivity contribution in [3.05, 3.63) is 95.1 Å². The first-order valence-electron chi connectivity index (χ1n) is 7.83. The molecule has 0 atom stereocenters. The Morgan fingerprint density at radius 2 is 1.62 bits per heavy atom. The molecule has 0 saturated carbocycles. The van der Waals surface area contributed by atoms with Crippen LogP contribution in [0.1, 0.15) is 5.56 Å². The molecule has 3 heteroatoms. The van der Waals surface area contributed by atoms with Crippen molar-refractivity contribution in [3.63, 3.8) is 0 Å². The average molecular weight is 378 g/mol. The van der Waals surface area contributed by atoms with Gasteiger partial charge in [0.15, 0.2) is 0 Å². The molecule has 0 amide bonds. The van der Waals surface area contributed by atoms with E-state index in [-0.39, 0.29) is 0 Å². The van der Waals surface area contributed by atoms with Gasteiger partial charge in [0.1, 0.15) is 12.4 Å². The Hall–Kier alpha value is -2.52. The fourth-order valence-corrected chi connectivity index (χ4v) is 3.04. The van der Waals surface area contributed by atoms with E-state index in [9.17, 15) is 0 Å². The van der Waals surface area contributed by atoms with Gasteiger partial charge in [0, 0.05) is 21.7 Å². The molecule has 1 heterocycles. The first-order valence-corrected chi connectivity index (χ1v) is 8.63. The Morgan fingerprint density at radius 3 is 2.42 bits per heavy atom. The molecule has 4 rings (SSSR count). The van der Waals surface area contributed by atoms with Crippen molar-refractivity contribution in [2.24, 2.45) is 0 Å². The van der Waals surface area contributed by atoms with Crippen LogP contribution in [0.3, 0.4) is 0 Å². The molecule has 0 aliphatic carbocycles. The number of aromatic nitrogens is 1. The van der Waals surface area contributed by atoms with Gasteiger partial charge in [0.2, 0.25) is 0 Å². The SMILES string of the molecule is Brc1ccc(-n2ccc3cc(OCc4ccccc4)ccc32)cc1. The van der Waals surface area contributed by atoms with Crippen LogP contribution in [0.5, 0.6) is 5.75 Å². The van der Waals surface area contributed by atoms with Crippen molar-refractivity contribution < 1.29 is 4.74 Å². The molecule has 0 spiro atoms. The molecule has 0 unspecified atom stereocenters. The minimum Gasteiger partial charge on any atom is -0.489 e. The van der Waals surface area contributed by atoms with E-state index in [2.05, 4.69) is 81.3 Å². The van der Waals surface area contributed by atoms with Crippen molar-refractivity contribution in [2.45, 2.75) is 6.61 Å². The number of rotatable bonds is 4. The molecular formula is C21H16BrNO. The molecule has 0 N–H and O–H groups in total. The Kier molecular flexibility index (Phi) is 4.09. The van der Waals surface area contributed by atoms with Crippen LogP contribution in [0, 0.1) is 0 Å². The van der Waals surface area contributed by atoms with Crippen LogP contribution in [0.25, 0.3) is 16.6 Å². The zero-order valence-corrected chi connectivity index (χ0v) is 14.6. The summed E-state index contributed by atoms with van der Waals surface area (Å²) in [6, 6.07) is 26.9. The Bertz CT molecular complexity index is 958. The van der Waals surface area contributed by atoms with E-state index in [1.54, 1.807) is 0 Å². The molecule has 24 heavy (non-hydrogen) atoms. The summed E-state index contributed by atoms with van der Waals surface area (Å²) in [5, 5.41) is 1.17. The van der Waals surface area contributed by atoms with Crippen molar-refractivity contribution in [2.75, 3.05) is 0 Å². The average Bonchev–Trinajstić information content (AvgIpc) is 3.05. The normalized spacial score (nSPS) is 10.9. The van der Waals surface area contributed by atoms with Gasteiger partial charge in [-0.1, -0.05) is 46.3 Å². The summed E-state index contributed by atoms with van der Waals surface area (Å²) in [7, 11) is 0. The molecule has 4 aromatic rings. The van der Waals surface area contributed by atoms with Crippen LogP contribution >= 0.6 is 15.9 Å². The van der Waals surface area contributed by atoms with Crippen molar-refractivity contribution >= 4 is 26.8 Å². The lowest BCUT2D eigenvalue weighted by Crippen LogP contribution is -1.95. The summed E-state index contributed by atoms with van der Waals surface area (Å²) in [5.74, 6) is 0.889. The van der Waals surface area contributed by atoms with Crippen LogP contribution in [-0.2, 0) is 6.61 Å². The number of benzene rings is 3. The second-order valence-electron chi connectivity index (χ2n) is 5.66. The summed E-state index contributed by atoms with van der Waals surface area (Å²) in [4.78, 5) is 0. The first kappa shape index (κ1) is 15.0. The fourth-order valence-electron chi connectivity index (χ4n) is 2.78. The zero-order chi connectivity index (χ0) is 16.4. The van der Waals surface area contributed by atoms with Crippen molar-refractivity contribution in [1.29, 1.82) is 0 Å². The molecule has 0 radical (unpaired) electrons.